The number of benzene rings is 1. The van der Waals surface area contributed by atoms with Gasteiger partial charge in [0.2, 0.25) is 5.12 Å². The second-order valence-corrected chi connectivity index (χ2v) is 2.86. The zero-order valence-corrected chi connectivity index (χ0v) is 7.04. The van der Waals surface area contributed by atoms with Crippen LogP contribution in [0.1, 0.15) is 10.4 Å². The fourth-order valence-corrected chi connectivity index (χ4v) is 1.34. The smallest absolute Gasteiger partial charge is 0.220 e. The number of carbonyl (C=O) groups is 1. The van der Waals surface area contributed by atoms with Crippen LogP contribution in [0, 0.1) is 0 Å². The maximum atomic E-state index is 11.0. The van der Waals surface area contributed by atoms with E-state index < -0.39 is 0 Å². The van der Waals surface area contributed by atoms with Crippen LogP contribution in [-0.4, -0.2) is 5.12 Å². The maximum Gasteiger partial charge on any atom is 0.220 e. The minimum absolute atomic E-state index is 0.268. The molecule has 12 heavy (non-hydrogen) atoms. The van der Waals surface area contributed by atoms with Crippen LogP contribution in [0.15, 0.2) is 34.9 Å². The summed E-state index contributed by atoms with van der Waals surface area (Å²) in [6, 6.07) is 7.21. The fraction of sp³-hybridized carbons (Fsp3) is 0. The van der Waals surface area contributed by atoms with Gasteiger partial charge in [0.15, 0.2) is 0 Å². The van der Waals surface area contributed by atoms with E-state index in [4.69, 9.17) is 4.42 Å². The summed E-state index contributed by atoms with van der Waals surface area (Å²) in [5.41, 5.74) is 1.12. The number of carbonyl (C=O) groups excluding carboxylic acids is 1. The van der Waals surface area contributed by atoms with Crippen LogP contribution >= 0.6 is 12.6 Å². The lowest BCUT2D eigenvalue weighted by molar-refractivity contribution is 0.109. The van der Waals surface area contributed by atoms with E-state index in [-0.39, 0.29) is 5.12 Å². The molecule has 0 unspecified atom stereocenters. The van der Waals surface area contributed by atoms with E-state index in [1.54, 1.807) is 18.4 Å². The molecule has 2 rings (SSSR count). The average Bonchev–Trinajstić information content (AvgIpc) is 2.49. The van der Waals surface area contributed by atoms with Crippen molar-refractivity contribution in [3.63, 3.8) is 0 Å². The molecule has 0 saturated carbocycles. The molecule has 1 aromatic heterocycles. The zero-order valence-electron chi connectivity index (χ0n) is 6.15. The van der Waals surface area contributed by atoms with E-state index in [0.29, 0.717) is 11.1 Å². The lowest BCUT2D eigenvalue weighted by Crippen LogP contribution is -1.87. The van der Waals surface area contributed by atoms with Gasteiger partial charge in [-0.25, -0.2) is 0 Å². The molecule has 1 heterocycles. The lowest BCUT2D eigenvalue weighted by atomic mass is 10.2. The van der Waals surface area contributed by atoms with Crippen molar-refractivity contribution in [3.8, 4) is 0 Å². The van der Waals surface area contributed by atoms with Crippen molar-refractivity contribution in [2.75, 3.05) is 0 Å². The van der Waals surface area contributed by atoms with Gasteiger partial charge >= 0.3 is 0 Å². The average molecular weight is 178 g/mol. The van der Waals surface area contributed by atoms with Crippen molar-refractivity contribution >= 4 is 28.7 Å². The van der Waals surface area contributed by atoms with Crippen molar-refractivity contribution in [3.05, 3.63) is 36.1 Å². The first-order valence-corrected chi connectivity index (χ1v) is 3.93. The van der Waals surface area contributed by atoms with Crippen LogP contribution < -0.4 is 0 Å². The summed E-state index contributed by atoms with van der Waals surface area (Å²) in [5.74, 6) is 0. The second kappa shape index (κ2) is 2.68. The molecule has 60 valence electrons. The highest BCUT2D eigenvalue weighted by atomic mass is 32.1. The molecule has 0 N–H and O–H groups in total. The Morgan fingerprint density at radius 2 is 2.17 bits per heavy atom. The fourth-order valence-electron chi connectivity index (χ4n) is 1.16. The summed E-state index contributed by atoms with van der Waals surface area (Å²) < 4.78 is 5.14. The van der Waals surface area contributed by atoms with Crippen molar-refractivity contribution in [2.24, 2.45) is 0 Å². The normalized spacial score (nSPS) is 10.4. The van der Waals surface area contributed by atoms with E-state index >= 15 is 0 Å². The Labute approximate surface area is 74.6 Å². The largest absolute Gasteiger partial charge is 0.464 e. The van der Waals surface area contributed by atoms with E-state index in [1.165, 1.54) is 0 Å². The molecular formula is C9H6O2S. The number of furan rings is 1. The quantitative estimate of drug-likeness (QED) is 0.680. The minimum Gasteiger partial charge on any atom is -0.464 e. The van der Waals surface area contributed by atoms with Crippen LogP contribution in [0.3, 0.4) is 0 Å². The number of para-hydroxylation sites is 1. The Kier molecular flexibility index (Phi) is 1.66. The van der Waals surface area contributed by atoms with E-state index in [2.05, 4.69) is 12.6 Å². The Hall–Kier alpha value is -1.22. The number of rotatable bonds is 1. The summed E-state index contributed by atoms with van der Waals surface area (Å²) in [6.07, 6.45) is 1.56. The maximum absolute atomic E-state index is 11.0. The Balaban J connectivity index is 2.82. The first-order chi connectivity index (χ1) is 5.79. The first kappa shape index (κ1) is 7.43. The van der Waals surface area contributed by atoms with Gasteiger partial charge in [0.05, 0.1) is 11.8 Å². The molecule has 0 radical (unpaired) electrons. The Morgan fingerprint density at radius 1 is 1.33 bits per heavy atom. The molecular weight excluding hydrogens is 172 g/mol. The van der Waals surface area contributed by atoms with Gasteiger partial charge in [-0.2, -0.15) is 0 Å². The van der Waals surface area contributed by atoms with Gasteiger partial charge in [-0.15, -0.1) is 12.6 Å². The number of hydrogen-bond donors (Lipinski definition) is 1. The summed E-state index contributed by atoms with van der Waals surface area (Å²) in [7, 11) is 0. The molecule has 3 heteroatoms. The van der Waals surface area contributed by atoms with Crippen LogP contribution in [0.5, 0.6) is 0 Å². The van der Waals surface area contributed by atoms with Crippen LogP contribution in [0.25, 0.3) is 11.0 Å². The van der Waals surface area contributed by atoms with Gasteiger partial charge in [-0.05, 0) is 12.1 Å². The molecule has 0 bridgehead atoms. The van der Waals surface area contributed by atoms with Crippen molar-refractivity contribution in [1.29, 1.82) is 0 Å². The van der Waals surface area contributed by atoms with E-state index in [9.17, 15) is 4.79 Å². The SMILES string of the molecule is O=C(S)c1cccc2ccoc12. The molecule has 0 fully saturated rings. The summed E-state index contributed by atoms with van der Waals surface area (Å²) in [6.45, 7) is 0. The molecule has 0 aliphatic carbocycles. The van der Waals surface area contributed by atoms with Crippen LogP contribution in [0.4, 0.5) is 0 Å². The molecule has 0 aliphatic heterocycles. The van der Waals surface area contributed by atoms with E-state index in [1.807, 2.05) is 12.1 Å². The zero-order chi connectivity index (χ0) is 8.55. The third kappa shape index (κ3) is 1.02. The van der Waals surface area contributed by atoms with Crippen LogP contribution in [-0.2, 0) is 0 Å². The molecule has 0 amide bonds. The molecule has 0 aliphatic rings. The standard InChI is InChI=1S/C9H6O2S/c10-9(12)7-3-1-2-6-4-5-11-8(6)7/h1-5H,(H,10,12). The molecule has 0 saturated heterocycles. The molecule has 1 aromatic carbocycles. The van der Waals surface area contributed by atoms with Gasteiger partial charge in [-0.3, -0.25) is 4.79 Å². The predicted molar refractivity (Wildman–Crippen MR) is 49.5 cm³/mol. The first-order valence-electron chi connectivity index (χ1n) is 3.48. The van der Waals surface area contributed by atoms with Crippen molar-refractivity contribution in [1.82, 2.24) is 0 Å². The predicted octanol–water partition coefficient (Wildman–Crippen LogP) is 2.50. The van der Waals surface area contributed by atoms with Gasteiger partial charge in [0.1, 0.15) is 5.58 Å². The topological polar surface area (TPSA) is 30.2 Å². The number of fused-ring (bicyclic) bond motifs is 1. The van der Waals surface area contributed by atoms with Gasteiger partial charge < -0.3 is 4.42 Å². The third-order valence-electron chi connectivity index (χ3n) is 1.71. The second-order valence-electron chi connectivity index (χ2n) is 2.45. The Bertz CT molecular complexity index is 431. The van der Waals surface area contributed by atoms with Gasteiger partial charge in [-0.1, -0.05) is 12.1 Å². The molecule has 0 spiro atoms. The monoisotopic (exact) mass is 178 g/mol. The minimum atomic E-state index is -0.268. The highest BCUT2D eigenvalue weighted by Crippen LogP contribution is 2.20. The van der Waals surface area contributed by atoms with Crippen LogP contribution in [0.2, 0.25) is 0 Å². The molecule has 2 nitrogen and oxygen atoms in total. The Morgan fingerprint density at radius 3 is 2.92 bits per heavy atom. The van der Waals surface area contributed by atoms with Crippen molar-refractivity contribution < 1.29 is 9.21 Å². The van der Waals surface area contributed by atoms with Gasteiger partial charge in [0.25, 0.3) is 0 Å². The highest BCUT2D eigenvalue weighted by molar-refractivity contribution is 7.97. The van der Waals surface area contributed by atoms with Crippen molar-refractivity contribution in [2.45, 2.75) is 0 Å². The number of hydrogen-bond acceptors (Lipinski definition) is 2. The summed E-state index contributed by atoms with van der Waals surface area (Å²) in [5, 5.41) is 0.658. The molecule has 2 aromatic rings. The lowest BCUT2D eigenvalue weighted by Gasteiger charge is -1.94. The molecule has 0 atom stereocenters. The van der Waals surface area contributed by atoms with E-state index in [0.717, 1.165) is 5.39 Å². The van der Waals surface area contributed by atoms with Gasteiger partial charge in [0, 0.05) is 5.39 Å². The summed E-state index contributed by atoms with van der Waals surface area (Å²) >= 11 is 3.74. The summed E-state index contributed by atoms with van der Waals surface area (Å²) in [4.78, 5) is 11.0. The third-order valence-corrected chi connectivity index (χ3v) is 1.95. The highest BCUT2D eigenvalue weighted by Gasteiger charge is 2.07. The number of thiol groups is 1.